The Bertz CT molecular complexity index is 637. The summed E-state index contributed by atoms with van der Waals surface area (Å²) in [7, 11) is 0. The second-order valence-corrected chi connectivity index (χ2v) is 5.11. The van der Waals surface area contributed by atoms with E-state index < -0.39 is 11.6 Å². The fraction of sp³-hybridized carbons (Fsp3) is 0.467. The molecule has 0 aliphatic rings. The van der Waals surface area contributed by atoms with Crippen molar-refractivity contribution >= 4 is 16.9 Å². The van der Waals surface area contributed by atoms with E-state index in [-0.39, 0.29) is 19.3 Å². The van der Waals surface area contributed by atoms with E-state index in [1.165, 1.54) is 6.20 Å². The Morgan fingerprint density at radius 1 is 1.18 bits per heavy atom. The summed E-state index contributed by atoms with van der Waals surface area (Å²) in [5.74, 6) is -1.31. The van der Waals surface area contributed by atoms with Crippen molar-refractivity contribution in [3.8, 4) is 0 Å². The van der Waals surface area contributed by atoms with Gasteiger partial charge in [0.1, 0.15) is 5.82 Å². The van der Waals surface area contributed by atoms with E-state index in [2.05, 4.69) is 9.97 Å². The van der Waals surface area contributed by atoms with Crippen molar-refractivity contribution in [1.82, 2.24) is 9.97 Å². The third kappa shape index (κ3) is 3.86. The van der Waals surface area contributed by atoms with Gasteiger partial charge in [-0.05, 0) is 13.8 Å². The summed E-state index contributed by atoms with van der Waals surface area (Å²) in [6.07, 6.45) is 1.53. The summed E-state index contributed by atoms with van der Waals surface area (Å²) in [4.78, 5) is 10.4. The van der Waals surface area contributed by atoms with Gasteiger partial charge in [-0.15, -0.1) is 0 Å². The van der Waals surface area contributed by atoms with Gasteiger partial charge in [-0.1, -0.05) is 0 Å². The van der Waals surface area contributed by atoms with Crippen LogP contribution in [0.25, 0.3) is 11.0 Å². The van der Waals surface area contributed by atoms with Gasteiger partial charge in [-0.2, -0.15) is 0 Å². The number of hydrogen-bond acceptors (Lipinski definition) is 5. The molecule has 0 radical (unpaired) electrons. The molecule has 1 heterocycles. The van der Waals surface area contributed by atoms with Crippen LogP contribution in [0.3, 0.4) is 0 Å². The molecule has 1 aromatic heterocycles. The predicted molar refractivity (Wildman–Crippen MR) is 79.8 cm³/mol. The summed E-state index contributed by atoms with van der Waals surface area (Å²) in [5.41, 5.74) is 0.612. The SMILES string of the molecule is CC(C)N(CCOCCO)c1cnc2cc(F)c(F)cc2n1. The highest BCUT2D eigenvalue weighted by Gasteiger charge is 2.14. The molecule has 2 aromatic rings. The third-order valence-corrected chi connectivity index (χ3v) is 3.20. The minimum absolute atomic E-state index is 0.0255. The molecule has 0 amide bonds. The largest absolute Gasteiger partial charge is 0.394 e. The maximum absolute atomic E-state index is 13.3. The number of aromatic nitrogens is 2. The van der Waals surface area contributed by atoms with E-state index in [1.54, 1.807) is 0 Å². The van der Waals surface area contributed by atoms with Crippen molar-refractivity contribution in [2.45, 2.75) is 19.9 Å². The second-order valence-electron chi connectivity index (χ2n) is 5.11. The van der Waals surface area contributed by atoms with Crippen molar-refractivity contribution in [2.75, 3.05) is 31.3 Å². The van der Waals surface area contributed by atoms with Crippen LogP contribution in [-0.2, 0) is 4.74 Å². The number of aliphatic hydroxyl groups is 1. The van der Waals surface area contributed by atoms with Crippen molar-refractivity contribution in [2.24, 2.45) is 0 Å². The molecule has 0 bridgehead atoms. The molecule has 0 saturated carbocycles. The Morgan fingerprint density at radius 2 is 1.86 bits per heavy atom. The van der Waals surface area contributed by atoms with Crippen LogP contribution in [0.2, 0.25) is 0 Å². The van der Waals surface area contributed by atoms with Crippen molar-refractivity contribution in [1.29, 1.82) is 0 Å². The maximum atomic E-state index is 13.3. The monoisotopic (exact) mass is 311 g/mol. The van der Waals surface area contributed by atoms with Gasteiger partial charge >= 0.3 is 0 Å². The van der Waals surface area contributed by atoms with Gasteiger partial charge < -0.3 is 14.7 Å². The molecular formula is C15H19F2N3O2. The molecule has 7 heteroatoms. The molecule has 22 heavy (non-hydrogen) atoms. The standard InChI is InChI=1S/C15H19F2N3O2/c1-10(2)20(3-5-22-6-4-21)15-9-18-13-7-11(16)12(17)8-14(13)19-15/h7-10,21H,3-6H2,1-2H3. The van der Waals surface area contributed by atoms with Crippen molar-refractivity contribution in [3.63, 3.8) is 0 Å². The van der Waals surface area contributed by atoms with Gasteiger partial charge in [0.2, 0.25) is 0 Å². The van der Waals surface area contributed by atoms with Gasteiger partial charge in [-0.25, -0.2) is 13.8 Å². The fourth-order valence-corrected chi connectivity index (χ4v) is 2.10. The highest BCUT2D eigenvalue weighted by Crippen LogP contribution is 2.19. The number of rotatable bonds is 7. The van der Waals surface area contributed by atoms with E-state index in [1.807, 2.05) is 18.7 Å². The number of nitrogens with zero attached hydrogens (tertiary/aromatic N) is 3. The minimum Gasteiger partial charge on any atom is -0.394 e. The molecule has 0 saturated heterocycles. The lowest BCUT2D eigenvalue weighted by Gasteiger charge is -2.27. The van der Waals surface area contributed by atoms with Gasteiger partial charge in [0.05, 0.1) is 37.1 Å². The first-order chi connectivity index (χ1) is 10.5. The lowest BCUT2D eigenvalue weighted by molar-refractivity contribution is 0.0960. The minimum atomic E-state index is -0.943. The van der Waals surface area contributed by atoms with Crippen LogP contribution >= 0.6 is 0 Å². The van der Waals surface area contributed by atoms with Crippen LogP contribution in [0.1, 0.15) is 13.8 Å². The van der Waals surface area contributed by atoms with Gasteiger partial charge in [-0.3, -0.25) is 4.98 Å². The van der Waals surface area contributed by atoms with E-state index in [9.17, 15) is 8.78 Å². The Labute approximate surface area is 127 Å². The molecule has 0 unspecified atom stereocenters. The third-order valence-electron chi connectivity index (χ3n) is 3.20. The lowest BCUT2D eigenvalue weighted by Crippen LogP contribution is -2.35. The Hall–Kier alpha value is -1.86. The zero-order valence-corrected chi connectivity index (χ0v) is 12.6. The normalized spacial score (nSPS) is 11.4. The molecule has 1 aromatic carbocycles. The number of ether oxygens (including phenoxy) is 1. The van der Waals surface area contributed by atoms with E-state index >= 15 is 0 Å². The van der Waals surface area contributed by atoms with Crippen molar-refractivity contribution in [3.05, 3.63) is 30.0 Å². The summed E-state index contributed by atoms with van der Waals surface area (Å²) >= 11 is 0. The number of hydrogen-bond donors (Lipinski definition) is 1. The van der Waals surface area contributed by atoms with Crippen LogP contribution in [0.4, 0.5) is 14.6 Å². The van der Waals surface area contributed by atoms with Gasteiger partial charge in [0.15, 0.2) is 11.6 Å². The lowest BCUT2D eigenvalue weighted by atomic mass is 10.2. The van der Waals surface area contributed by atoms with Gasteiger partial charge in [0, 0.05) is 24.7 Å². The summed E-state index contributed by atoms with van der Waals surface area (Å²) < 4.78 is 31.8. The molecule has 5 nitrogen and oxygen atoms in total. The average Bonchev–Trinajstić information content (AvgIpc) is 2.48. The summed E-state index contributed by atoms with van der Waals surface area (Å²) in [6, 6.07) is 2.21. The average molecular weight is 311 g/mol. The van der Waals surface area contributed by atoms with Crippen LogP contribution in [0.15, 0.2) is 18.3 Å². The maximum Gasteiger partial charge on any atom is 0.161 e. The number of aliphatic hydroxyl groups excluding tert-OH is 1. The molecule has 0 atom stereocenters. The Balaban J connectivity index is 2.23. The van der Waals surface area contributed by atoms with Crippen LogP contribution in [0.5, 0.6) is 0 Å². The zero-order valence-electron chi connectivity index (χ0n) is 12.6. The van der Waals surface area contributed by atoms with E-state index in [0.717, 1.165) is 12.1 Å². The number of fused-ring (bicyclic) bond motifs is 1. The topological polar surface area (TPSA) is 58.5 Å². The van der Waals surface area contributed by atoms with Crippen LogP contribution in [0, 0.1) is 11.6 Å². The molecule has 0 aliphatic heterocycles. The molecule has 0 aliphatic carbocycles. The first kappa shape index (κ1) is 16.5. The predicted octanol–water partition coefficient (Wildman–Crippen LogP) is 2.13. The highest BCUT2D eigenvalue weighted by molar-refractivity contribution is 5.75. The van der Waals surface area contributed by atoms with E-state index in [0.29, 0.717) is 30.0 Å². The molecular weight excluding hydrogens is 292 g/mol. The quantitative estimate of drug-likeness (QED) is 0.794. The highest BCUT2D eigenvalue weighted by atomic mass is 19.2. The number of anilines is 1. The smallest absolute Gasteiger partial charge is 0.161 e. The zero-order chi connectivity index (χ0) is 16.1. The molecule has 1 N–H and O–H groups in total. The van der Waals surface area contributed by atoms with E-state index in [4.69, 9.17) is 9.84 Å². The summed E-state index contributed by atoms with van der Waals surface area (Å²) in [6.45, 7) is 5.21. The van der Waals surface area contributed by atoms with Crippen molar-refractivity contribution < 1.29 is 18.6 Å². The molecule has 0 spiro atoms. The number of benzene rings is 1. The first-order valence-electron chi connectivity index (χ1n) is 7.10. The molecule has 0 fully saturated rings. The molecule has 120 valence electrons. The Morgan fingerprint density at radius 3 is 2.50 bits per heavy atom. The first-order valence-corrected chi connectivity index (χ1v) is 7.10. The summed E-state index contributed by atoms with van der Waals surface area (Å²) in [5, 5.41) is 8.70. The van der Waals surface area contributed by atoms with Crippen LogP contribution < -0.4 is 4.90 Å². The Kier molecular flexibility index (Phi) is 5.57. The van der Waals surface area contributed by atoms with Gasteiger partial charge in [0.25, 0.3) is 0 Å². The second kappa shape index (κ2) is 7.42. The molecule has 2 rings (SSSR count). The fourth-order valence-electron chi connectivity index (χ4n) is 2.10. The van der Waals surface area contributed by atoms with Crippen LogP contribution in [-0.4, -0.2) is 47.5 Å². The number of halogens is 2.